The van der Waals surface area contributed by atoms with E-state index in [9.17, 15) is 9.59 Å². The van der Waals surface area contributed by atoms with Crippen LogP contribution in [-0.2, 0) is 0 Å². The molecule has 0 aliphatic heterocycles. The smallest absolute Gasteiger partial charge is 0.268 e. The molecule has 0 aliphatic rings. The number of unbranched alkanes of at least 4 members (excludes halogenated alkanes) is 1. The number of nitrogens with zero attached hydrogens (tertiary/aromatic N) is 2. The maximum atomic E-state index is 12.3. The number of benzene rings is 1. The number of guanidine groups is 1. The number of amides is 1. The zero-order valence-electron chi connectivity index (χ0n) is 13.1. The van der Waals surface area contributed by atoms with E-state index in [2.05, 4.69) is 9.98 Å². The lowest BCUT2D eigenvalue weighted by atomic mass is 10.1. The van der Waals surface area contributed by atoms with E-state index in [4.69, 9.17) is 17.2 Å². The third-order valence-electron chi connectivity index (χ3n) is 3.24. The Labute approximate surface area is 143 Å². The van der Waals surface area contributed by atoms with E-state index in [1.165, 1.54) is 11.3 Å². The molecule has 0 saturated heterocycles. The molecule has 126 valence electrons. The van der Waals surface area contributed by atoms with Crippen molar-refractivity contribution < 1.29 is 9.59 Å². The molecule has 2 rings (SSSR count). The summed E-state index contributed by atoms with van der Waals surface area (Å²) in [6.45, 7) is 0.481. The van der Waals surface area contributed by atoms with Crippen LogP contribution in [0.1, 0.15) is 39.6 Å². The number of rotatable bonds is 8. The first-order chi connectivity index (χ1) is 11.5. The van der Waals surface area contributed by atoms with E-state index >= 15 is 0 Å². The lowest BCUT2D eigenvalue weighted by Crippen LogP contribution is -2.22. The van der Waals surface area contributed by atoms with Crippen molar-refractivity contribution in [1.29, 1.82) is 0 Å². The van der Waals surface area contributed by atoms with Gasteiger partial charge in [0.15, 0.2) is 16.8 Å². The predicted octanol–water partition coefficient (Wildman–Crippen LogP) is 1.54. The minimum absolute atomic E-state index is 0.0415. The molecule has 1 aromatic heterocycles. The van der Waals surface area contributed by atoms with Gasteiger partial charge in [-0.2, -0.15) is 0 Å². The largest absolute Gasteiger partial charge is 0.370 e. The molecule has 0 saturated carbocycles. The summed E-state index contributed by atoms with van der Waals surface area (Å²) in [4.78, 5) is 32.5. The second-order valence-electron chi connectivity index (χ2n) is 5.11. The molecule has 1 amide bonds. The molecule has 8 heteroatoms. The zero-order valence-corrected chi connectivity index (χ0v) is 13.9. The van der Waals surface area contributed by atoms with Crippen LogP contribution in [0.25, 0.3) is 10.4 Å². The van der Waals surface area contributed by atoms with Gasteiger partial charge in [-0.3, -0.25) is 14.6 Å². The Morgan fingerprint density at radius 2 is 1.79 bits per heavy atom. The van der Waals surface area contributed by atoms with Crippen molar-refractivity contribution in [1.82, 2.24) is 4.98 Å². The fourth-order valence-corrected chi connectivity index (χ4v) is 3.15. The molecular formula is C16H19N5O2S. The molecule has 0 radical (unpaired) electrons. The van der Waals surface area contributed by atoms with Crippen LogP contribution in [0.2, 0.25) is 0 Å². The van der Waals surface area contributed by atoms with E-state index < -0.39 is 5.91 Å². The van der Waals surface area contributed by atoms with E-state index in [-0.39, 0.29) is 17.4 Å². The fraction of sp³-hybridized carbons (Fsp3) is 0.250. The minimum Gasteiger partial charge on any atom is -0.370 e. The maximum absolute atomic E-state index is 12.3. The number of nitrogens with two attached hydrogens (primary N) is 3. The summed E-state index contributed by atoms with van der Waals surface area (Å²) in [7, 11) is 0. The van der Waals surface area contributed by atoms with Crippen molar-refractivity contribution >= 4 is 29.0 Å². The van der Waals surface area contributed by atoms with Crippen molar-refractivity contribution in [2.24, 2.45) is 22.2 Å². The number of carbonyl (C=O) groups is 2. The summed E-state index contributed by atoms with van der Waals surface area (Å²) in [5.74, 6) is -0.717. The van der Waals surface area contributed by atoms with E-state index in [0.29, 0.717) is 35.7 Å². The molecule has 24 heavy (non-hydrogen) atoms. The highest BCUT2D eigenvalue weighted by Crippen LogP contribution is 2.30. The molecule has 0 fully saturated rings. The highest BCUT2D eigenvalue weighted by molar-refractivity contribution is 7.17. The van der Waals surface area contributed by atoms with Crippen LogP contribution in [0.15, 0.2) is 35.3 Å². The summed E-state index contributed by atoms with van der Waals surface area (Å²) >= 11 is 1.19. The van der Waals surface area contributed by atoms with Gasteiger partial charge < -0.3 is 17.2 Å². The predicted molar refractivity (Wildman–Crippen MR) is 94.9 cm³/mol. The van der Waals surface area contributed by atoms with Crippen LogP contribution in [0.4, 0.5) is 0 Å². The molecule has 0 spiro atoms. The van der Waals surface area contributed by atoms with Crippen molar-refractivity contribution in [3.05, 3.63) is 41.0 Å². The fourth-order valence-electron chi connectivity index (χ4n) is 2.10. The summed E-state index contributed by atoms with van der Waals surface area (Å²) in [6.07, 6.45) is 1.66. The second kappa shape index (κ2) is 8.21. The number of hydrogen-bond donors (Lipinski definition) is 3. The molecular weight excluding hydrogens is 326 g/mol. The molecule has 0 atom stereocenters. The number of Topliss-reactive ketones (excluding diaryl/α,β-unsaturated/α-hetero) is 1. The van der Waals surface area contributed by atoms with Gasteiger partial charge in [0.05, 0.1) is 4.88 Å². The highest BCUT2D eigenvalue weighted by Gasteiger charge is 2.20. The maximum Gasteiger partial charge on any atom is 0.268 e. The number of aliphatic imine (C=N–C) groups is 1. The standard InChI is InChI=1S/C16H19N5O2S/c17-14(23)12-13(10-6-2-1-3-7-10)24-15(21-12)11(22)8-4-5-9-20-16(18)19/h1-3,6-7H,4-5,8-9H2,(H2,17,23)(H4,18,19,20). The van der Waals surface area contributed by atoms with Crippen LogP contribution in [0.3, 0.4) is 0 Å². The average molecular weight is 345 g/mol. The SMILES string of the molecule is NC(=O)c1nc(C(=O)CCCCN=C(N)N)sc1-c1ccccc1. The van der Waals surface area contributed by atoms with E-state index in [1.807, 2.05) is 30.3 Å². The second-order valence-corrected chi connectivity index (χ2v) is 6.11. The van der Waals surface area contributed by atoms with Gasteiger partial charge >= 0.3 is 0 Å². The lowest BCUT2D eigenvalue weighted by molar-refractivity contribution is 0.0979. The Kier molecular flexibility index (Phi) is 6.02. The third-order valence-corrected chi connectivity index (χ3v) is 4.39. The number of carbonyl (C=O) groups excluding carboxylic acids is 2. The highest BCUT2D eigenvalue weighted by atomic mass is 32.1. The van der Waals surface area contributed by atoms with Crippen molar-refractivity contribution in [3.8, 4) is 10.4 Å². The monoisotopic (exact) mass is 345 g/mol. The number of aromatic nitrogens is 1. The Morgan fingerprint density at radius 1 is 1.08 bits per heavy atom. The Bertz CT molecular complexity index is 751. The minimum atomic E-state index is -0.642. The molecule has 0 aliphatic carbocycles. The summed E-state index contributed by atoms with van der Waals surface area (Å²) in [5.41, 5.74) is 16.8. The van der Waals surface area contributed by atoms with E-state index in [0.717, 1.165) is 5.56 Å². The molecule has 0 bridgehead atoms. The van der Waals surface area contributed by atoms with Gasteiger partial charge in [-0.1, -0.05) is 30.3 Å². The molecule has 1 heterocycles. The van der Waals surface area contributed by atoms with Gasteiger partial charge in [0.2, 0.25) is 0 Å². The van der Waals surface area contributed by atoms with Crippen LogP contribution in [0.5, 0.6) is 0 Å². The Balaban J connectivity index is 2.09. The van der Waals surface area contributed by atoms with Crippen molar-refractivity contribution in [2.75, 3.05) is 6.54 Å². The van der Waals surface area contributed by atoms with Gasteiger partial charge in [0, 0.05) is 13.0 Å². The van der Waals surface area contributed by atoms with Gasteiger partial charge in [-0.05, 0) is 18.4 Å². The van der Waals surface area contributed by atoms with Crippen LogP contribution in [-0.4, -0.2) is 29.2 Å². The quantitative estimate of drug-likeness (QED) is 0.288. The topological polar surface area (TPSA) is 137 Å². The molecule has 2 aromatic rings. The summed E-state index contributed by atoms with van der Waals surface area (Å²) in [6, 6.07) is 9.28. The lowest BCUT2D eigenvalue weighted by Gasteiger charge is -1.98. The first kappa shape index (κ1) is 17.6. The summed E-state index contributed by atoms with van der Waals surface area (Å²) in [5, 5.41) is 0.296. The van der Waals surface area contributed by atoms with Crippen LogP contribution in [0, 0.1) is 0 Å². The van der Waals surface area contributed by atoms with Crippen LogP contribution < -0.4 is 17.2 Å². The molecule has 1 aromatic carbocycles. The first-order valence-corrected chi connectivity index (χ1v) is 8.25. The zero-order chi connectivity index (χ0) is 17.5. The van der Waals surface area contributed by atoms with Gasteiger partial charge in [0.1, 0.15) is 5.69 Å². The average Bonchev–Trinajstić information content (AvgIpc) is 3.00. The molecule has 0 unspecified atom stereocenters. The molecule has 7 nitrogen and oxygen atoms in total. The normalized spacial score (nSPS) is 10.3. The van der Waals surface area contributed by atoms with Crippen molar-refractivity contribution in [2.45, 2.75) is 19.3 Å². The third kappa shape index (κ3) is 4.63. The van der Waals surface area contributed by atoms with Crippen LogP contribution >= 0.6 is 11.3 Å². The van der Waals surface area contributed by atoms with Gasteiger partial charge in [-0.25, -0.2) is 4.98 Å². The summed E-state index contributed by atoms with van der Waals surface area (Å²) < 4.78 is 0. The van der Waals surface area contributed by atoms with Gasteiger partial charge in [-0.15, -0.1) is 11.3 Å². The Hall–Kier alpha value is -2.74. The Morgan fingerprint density at radius 3 is 2.42 bits per heavy atom. The number of hydrogen-bond acceptors (Lipinski definition) is 5. The number of thiazole rings is 1. The number of primary amides is 1. The van der Waals surface area contributed by atoms with Crippen molar-refractivity contribution in [3.63, 3.8) is 0 Å². The number of ketones is 1. The van der Waals surface area contributed by atoms with E-state index in [1.54, 1.807) is 0 Å². The molecule has 6 N–H and O–H groups in total. The first-order valence-electron chi connectivity index (χ1n) is 7.43. The van der Waals surface area contributed by atoms with Gasteiger partial charge in [0.25, 0.3) is 5.91 Å².